The first-order valence-corrected chi connectivity index (χ1v) is 15.0. The Kier molecular flexibility index (Phi) is 6.97. The minimum absolute atomic E-state index is 0.122. The van der Waals surface area contributed by atoms with Crippen LogP contribution in [0.2, 0.25) is 0 Å². The van der Waals surface area contributed by atoms with Crippen molar-refractivity contribution in [1.29, 1.82) is 0 Å². The fraction of sp³-hybridized carbons (Fsp3) is 0.0690. The standard InChI is InChI=1S/C29H22N2O8S2/c1-19-7-12-24(13-8-19)40(35,36)31(41(37,38)25-14-9-22(10-15-25)30(33)34)23-11-16-28-21(17-23)18-27(29(32)39-28)26-6-4-3-5-20(26)2/h3-18H,1-2H3. The zero-order valence-electron chi connectivity index (χ0n) is 21.7. The topological polar surface area (TPSA) is 145 Å². The van der Waals surface area contributed by atoms with E-state index in [1.54, 1.807) is 19.1 Å². The van der Waals surface area contributed by atoms with E-state index in [2.05, 4.69) is 0 Å². The number of anilines is 1. The molecule has 0 N–H and O–H groups in total. The highest BCUT2D eigenvalue weighted by molar-refractivity contribution is 8.10. The summed E-state index contributed by atoms with van der Waals surface area (Å²) in [5.41, 5.74) is 1.30. The molecule has 41 heavy (non-hydrogen) atoms. The highest BCUT2D eigenvalue weighted by atomic mass is 32.3. The van der Waals surface area contributed by atoms with Crippen LogP contribution in [0.25, 0.3) is 22.1 Å². The van der Waals surface area contributed by atoms with Crippen molar-refractivity contribution in [3.63, 3.8) is 0 Å². The van der Waals surface area contributed by atoms with Crippen LogP contribution in [0.3, 0.4) is 0 Å². The molecule has 0 bridgehead atoms. The molecule has 0 atom stereocenters. The molecule has 0 aliphatic rings. The van der Waals surface area contributed by atoms with E-state index >= 15 is 0 Å². The van der Waals surface area contributed by atoms with Crippen molar-refractivity contribution >= 4 is 42.4 Å². The predicted molar refractivity (Wildman–Crippen MR) is 154 cm³/mol. The SMILES string of the molecule is Cc1ccc(S(=O)(=O)N(c2ccc3oc(=O)c(-c4ccccc4C)cc3c2)S(=O)(=O)c2ccc([N+](=O)[O-])cc2)cc1. The summed E-state index contributed by atoms with van der Waals surface area (Å²) in [7, 11) is -9.56. The van der Waals surface area contributed by atoms with Gasteiger partial charge in [-0.15, -0.1) is 0 Å². The molecule has 0 unspecified atom stereocenters. The van der Waals surface area contributed by atoms with Gasteiger partial charge in [0.2, 0.25) is 0 Å². The van der Waals surface area contributed by atoms with Gasteiger partial charge in [0.1, 0.15) is 5.58 Å². The van der Waals surface area contributed by atoms with Crippen LogP contribution >= 0.6 is 0 Å². The lowest BCUT2D eigenvalue weighted by Gasteiger charge is -2.24. The molecule has 0 saturated heterocycles. The Morgan fingerprint density at radius 1 is 0.732 bits per heavy atom. The number of aryl methyl sites for hydroxylation is 2. The number of fused-ring (bicyclic) bond motifs is 1. The van der Waals surface area contributed by atoms with E-state index < -0.39 is 35.5 Å². The quantitative estimate of drug-likeness (QED) is 0.136. The van der Waals surface area contributed by atoms with E-state index in [-0.39, 0.29) is 36.5 Å². The molecule has 0 aliphatic heterocycles. The highest BCUT2D eigenvalue weighted by Crippen LogP contribution is 2.34. The minimum Gasteiger partial charge on any atom is -0.422 e. The predicted octanol–water partition coefficient (Wildman–Crippen LogP) is 5.57. The van der Waals surface area contributed by atoms with Gasteiger partial charge in [-0.1, -0.05) is 42.0 Å². The summed E-state index contributed by atoms with van der Waals surface area (Å²) in [5, 5.41) is 11.4. The second kappa shape index (κ2) is 10.3. The van der Waals surface area contributed by atoms with Crippen LogP contribution in [0.5, 0.6) is 0 Å². The third kappa shape index (κ3) is 5.10. The zero-order chi connectivity index (χ0) is 29.5. The van der Waals surface area contributed by atoms with Crippen LogP contribution in [-0.4, -0.2) is 21.8 Å². The van der Waals surface area contributed by atoms with E-state index in [1.807, 2.05) is 19.1 Å². The van der Waals surface area contributed by atoms with E-state index in [0.717, 1.165) is 35.4 Å². The van der Waals surface area contributed by atoms with E-state index in [9.17, 15) is 31.7 Å². The van der Waals surface area contributed by atoms with Crippen LogP contribution in [0.15, 0.2) is 116 Å². The van der Waals surface area contributed by atoms with Crippen molar-refractivity contribution in [3.8, 4) is 11.1 Å². The smallest absolute Gasteiger partial charge is 0.344 e. The first-order chi connectivity index (χ1) is 19.4. The van der Waals surface area contributed by atoms with Gasteiger partial charge in [0.15, 0.2) is 0 Å². The number of nitro groups is 1. The van der Waals surface area contributed by atoms with Crippen molar-refractivity contribution in [2.24, 2.45) is 0 Å². The van der Waals surface area contributed by atoms with Gasteiger partial charge in [-0.05, 0) is 73.5 Å². The summed E-state index contributed by atoms with van der Waals surface area (Å²) in [5.74, 6) is 0. The second-order valence-electron chi connectivity index (χ2n) is 9.26. The lowest BCUT2D eigenvalue weighted by molar-refractivity contribution is -0.384. The minimum atomic E-state index is -4.83. The van der Waals surface area contributed by atoms with Crippen molar-refractivity contribution in [2.75, 3.05) is 3.71 Å². The summed E-state index contributed by atoms with van der Waals surface area (Å²) in [6.45, 7) is 3.58. The Labute approximate surface area is 235 Å². The summed E-state index contributed by atoms with van der Waals surface area (Å²) in [6, 6.07) is 22.0. The number of rotatable bonds is 7. The molecule has 208 valence electrons. The van der Waals surface area contributed by atoms with Crippen LogP contribution < -0.4 is 9.34 Å². The van der Waals surface area contributed by atoms with Crippen LogP contribution in [0.4, 0.5) is 11.4 Å². The fourth-order valence-electron chi connectivity index (χ4n) is 4.34. The van der Waals surface area contributed by atoms with Gasteiger partial charge in [0.25, 0.3) is 25.7 Å². The van der Waals surface area contributed by atoms with Gasteiger partial charge < -0.3 is 4.42 Å². The molecule has 12 heteroatoms. The van der Waals surface area contributed by atoms with E-state index in [1.165, 1.54) is 48.5 Å². The molecule has 0 radical (unpaired) electrons. The Bertz CT molecular complexity index is 2090. The van der Waals surface area contributed by atoms with Crippen molar-refractivity contribution < 1.29 is 26.2 Å². The Balaban J connectivity index is 1.74. The number of hydrogen-bond acceptors (Lipinski definition) is 8. The highest BCUT2D eigenvalue weighted by Gasteiger charge is 2.37. The third-order valence-corrected chi connectivity index (χ3v) is 10.7. The monoisotopic (exact) mass is 590 g/mol. The fourth-order valence-corrected chi connectivity index (χ4v) is 8.01. The summed E-state index contributed by atoms with van der Waals surface area (Å²) >= 11 is 0. The molecule has 1 heterocycles. The molecule has 4 aromatic carbocycles. The molecule has 0 saturated carbocycles. The molecular formula is C29H22N2O8S2. The Morgan fingerprint density at radius 2 is 1.32 bits per heavy atom. The molecule has 0 amide bonds. The van der Waals surface area contributed by atoms with Gasteiger partial charge >= 0.3 is 5.63 Å². The maximum Gasteiger partial charge on any atom is 0.344 e. The molecule has 5 aromatic rings. The van der Waals surface area contributed by atoms with Gasteiger partial charge in [-0.3, -0.25) is 10.1 Å². The van der Waals surface area contributed by atoms with Crippen LogP contribution in [-0.2, 0) is 20.0 Å². The summed E-state index contributed by atoms with van der Waals surface area (Å²) < 4.78 is 61.5. The number of hydrogen-bond donors (Lipinski definition) is 0. The molecule has 1 aromatic heterocycles. The number of benzene rings is 4. The lowest BCUT2D eigenvalue weighted by Crippen LogP contribution is -2.37. The molecular weight excluding hydrogens is 568 g/mol. The normalized spacial score (nSPS) is 11.9. The second-order valence-corrected chi connectivity index (χ2v) is 13.1. The van der Waals surface area contributed by atoms with Crippen molar-refractivity contribution in [3.05, 3.63) is 129 Å². The van der Waals surface area contributed by atoms with Crippen molar-refractivity contribution in [1.82, 2.24) is 0 Å². The van der Waals surface area contributed by atoms with Gasteiger partial charge in [-0.25, -0.2) is 21.6 Å². The van der Waals surface area contributed by atoms with Crippen molar-refractivity contribution in [2.45, 2.75) is 23.6 Å². The van der Waals surface area contributed by atoms with Gasteiger partial charge in [0, 0.05) is 17.5 Å². The average Bonchev–Trinajstić information content (AvgIpc) is 2.93. The number of nitrogens with zero attached hydrogens (tertiary/aromatic N) is 2. The van der Waals surface area contributed by atoms with E-state index in [4.69, 9.17) is 4.42 Å². The maximum absolute atomic E-state index is 13.9. The molecule has 0 aliphatic carbocycles. The number of non-ortho nitro benzene ring substituents is 1. The Morgan fingerprint density at radius 3 is 1.90 bits per heavy atom. The summed E-state index contributed by atoms with van der Waals surface area (Å²) in [6.07, 6.45) is 0. The van der Waals surface area contributed by atoms with E-state index in [0.29, 0.717) is 5.56 Å². The van der Waals surface area contributed by atoms with Gasteiger partial charge in [0.05, 0.1) is 26.0 Å². The molecule has 0 spiro atoms. The van der Waals surface area contributed by atoms with Crippen LogP contribution in [0, 0.1) is 24.0 Å². The van der Waals surface area contributed by atoms with Crippen LogP contribution in [0.1, 0.15) is 11.1 Å². The molecule has 5 rings (SSSR count). The van der Waals surface area contributed by atoms with Gasteiger partial charge in [-0.2, -0.15) is 3.71 Å². The largest absolute Gasteiger partial charge is 0.422 e. The average molecular weight is 591 g/mol. The first kappa shape index (κ1) is 27.7. The first-order valence-electron chi connectivity index (χ1n) is 12.2. The Hall–Kier alpha value is -4.81. The number of nitro benzene ring substituents is 1. The maximum atomic E-state index is 13.9. The number of sulfonamides is 2. The molecule has 10 nitrogen and oxygen atoms in total. The zero-order valence-corrected chi connectivity index (χ0v) is 23.3. The third-order valence-electron chi connectivity index (χ3n) is 6.46. The lowest BCUT2D eigenvalue weighted by atomic mass is 10.0. The molecule has 0 fully saturated rings. The summed E-state index contributed by atoms with van der Waals surface area (Å²) in [4.78, 5) is 22.4.